The standard InChI is InChI=1S/C18H19ClN4O2/c19-18-7-2-1-5-16(18)14-21-8-10-22(11-9-21)20-13-15-4-3-6-17(12-15)23(24)25/h1-7,12-13H,8-11,14H2/b20-13+. The third-order valence-electron chi connectivity index (χ3n) is 4.15. The largest absolute Gasteiger partial charge is 0.295 e. The Hall–Kier alpha value is -2.44. The van der Waals surface area contributed by atoms with Crippen molar-refractivity contribution in [3.8, 4) is 0 Å². The number of nitrogens with zero attached hydrogens (tertiary/aromatic N) is 4. The quantitative estimate of drug-likeness (QED) is 0.467. The van der Waals surface area contributed by atoms with Gasteiger partial charge in [-0.25, -0.2) is 0 Å². The Morgan fingerprint density at radius 3 is 2.60 bits per heavy atom. The Bertz CT molecular complexity index is 773. The van der Waals surface area contributed by atoms with E-state index in [1.54, 1.807) is 12.3 Å². The predicted octanol–water partition coefficient (Wildman–Crippen LogP) is 3.40. The Balaban J connectivity index is 1.53. The van der Waals surface area contributed by atoms with Crippen LogP contribution in [0.4, 0.5) is 5.69 Å². The van der Waals surface area contributed by atoms with Gasteiger partial charge in [0.1, 0.15) is 0 Å². The molecule has 0 aliphatic carbocycles. The molecule has 1 aliphatic rings. The molecule has 1 fully saturated rings. The van der Waals surface area contributed by atoms with Crippen LogP contribution >= 0.6 is 11.6 Å². The lowest BCUT2D eigenvalue weighted by molar-refractivity contribution is -0.384. The molecule has 0 unspecified atom stereocenters. The van der Waals surface area contributed by atoms with Crippen LogP contribution in [0, 0.1) is 10.1 Å². The van der Waals surface area contributed by atoms with Crippen LogP contribution in [0.3, 0.4) is 0 Å². The minimum absolute atomic E-state index is 0.0773. The third kappa shape index (κ3) is 4.78. The van der Waals surface area contributed by atoms with Crippen molar-refractivity contribution in [1.82, 2.24) is 9.91 Å². The predicted molar refractivity (Wildman–Crippen MR) is 99.0 cm³/mol. The van der Waals surface area contributed by atoms with E-state index in [-0.39, 0.29) is 5.69 Å². The summed E-state index contributed by atoms with van der Waals surface area (Å²) in [6, 6.07) is 14.4. The van der Waals surface area contributed by atoms with Gasteiger partial charge in [-0.2, -0.15) is 5.10 Å². The van der Waals surface area contributed by atoms with Crippen LogP contribution in [0.1, 0.15) is 11.1 Å². The summed E-state index contributed by atoms with van der Waals surface area (Å²) in [7, 11) is 0. The molecule has 1 aliphatic heterocycles. The molecule has 0 radical (unpaired) electrons. The Labute approximate surface area is 151 Å². The monoisotopic (exact) mass is 358 g/mol. The van der Waals surface area contributed by atoms with Gasteiger partial charge in [0.15, 0.2) is 0 Å². The van der Waals surface area contributed by atoms with Crippen molar-refractivity contribution in [3.05, 3.63) is 74.8 Å². The first kappa shape index (κ1) is 17.4. The molecule has 0 spiro atoms. The highest BCUT2D eigenvalue weighted by Gasteiger charge is 2.16. The van der Waals surface area contributed by atoms with E-state index in [9.17, 15) is 10.1 Å². The molecular formula is C18H19ClN4O2. The van der Waals surface area contributed by atoms with Gasteiger partial charge in [0.25, 0.3) is 5.69 Å². The normalized spacial score (nSPS) is 15.6. The van der Waals surface area contributed by atoms with E-state index in [2.05, 4.69) is 16.1 Å². The molecule has 7 heteroatoms. The second-order valence-corrected chi connectivity index (χ2v) is 6.33. The maximum absolute atomic E-state index is 10.8. The summed E-state index contributed by atoms with van der Waals surface area (Å²) in [5, 5.41) is 18.0. The highest BCUT2D eigenvalue weighted by Crippen LogP contribution is 2.18. The number of hydrogen-bond acceptors (Lipinski definition) is 5. The summed E-state index contributed by atoms with van der Waals surface area (Å²) < 4.78 is 0. The summed E-state index contributed by atoms with van der Waals surface area (Å²) in [5.74, 6) is 0. The minimum Gasteiger partial charge on any atom is -0.295 e. The summed E-state index contributed by atoms with van der Waals surface area (Å²) in [6.45, 7) is 4.27. The Morgan fingerprint density at radius 1 is 1.12 bits per heavy atom. The first-order valence-corrected chi connectivity index (χ1v) is 8.49. The van der Waals surface area contributed by atoms with E-state index in [4.69, 9.17) is 11.6 Å². The van der Waals surface area contributed by atoms with Crippen LogP contribution in [0.15, 0.2) is 53.6 Å². The zero-order chi connectivity index (χ0) is 17.6. The Kier molecular flexibility index (Phi) is 5.63. The average Bonchev–Trinajstić information content (AvgIpc) is 2.63. The van der Waals surface area contributed by atoms with Gasteiger partial charge >= 0.3 is 0 Å². The van der Waals surface area contributed by atoms with Crippen molar-refractivity contribution < 1.29 is 4.92 Å². The van der Waals surface area contributed by atoms with Crippen molar-refractivity contribution in [2.45, 2.75) is 6.54 Å². The summed E-state index contributed by atoms with van der Waals surface area (Å²) >= 11 is 6.22. The van der Waals surface area contributed by atoms with E-state index in [1.165, 1.54) is 12.1 Å². The zero-order valence-corrected chi connectivity index (χ0v) is 14.5. The van der Waals surface area contributed by atoms with E-state index < -0.39 is 4.92 Å². The first-order chi connectivity index (χ1) is 12.1. The number of rotatable bonds is 5. The fraction of sp³-hybridized carbons (Fsp3) is 0.278. The van der Waals surface area contributed by atoms with Gasteiger partial charge in [-0.1, -0.05) is 41.9 Å². The molecule has 0 aromatic heterocycles. The SMILES string of the molecule is O=[N+]([O-])c1cccc(/C=N/N2CCN(Cc3ccccc3Cl)CC2)c1. The molecule has 1 saturated heterocycles. The van der Waals surface area contributed by atoms with Crippen molar-refractivity contribution >= 4 is 23.5 Å². The lowest BCUT2D eigenvalue weighted by Crippen LogP contribution is -2.43. The van der Waals surface area contributed by atoms with E-state index in [0.717, 1.165) is 48.9 Å². The molecular weight excluding hydrogens is 340 g/mol. The van der Waals surface area contributed by atoms with Crippen LogP contribution in [0.5, 0.6) is 0 Å². The van der Waals surface area contributed by atoms with Crippen molar-refractivity contribution in [2.75, 3.05) is 26.2 Å². The van der Waals surface area contributed by atoms with E-state index >= 15 is 0 Å². The molecule has 0 saturated carbocycles. The number of nitro groups is 1. The lowest BCUT2D eigenvalue weighted by atomic mass is 10.2. The van der Waals surface area contributed by atoms with Gasteiger partial charge in [0, 0.05) is 55.4 Å². The van der Waals surface area contributed by atoms with Crippen LogP contribution < -0.4 is 0 Å². The fourth-order valence-electron chi connectivity index (χ4n) is 2.75. The maximum Gasteiger partial charge on any atom is 0.270 e. The summed E-state index contributed by atoms with van der Waals surface area (Å²) in [6.07, 6.45) is 1.68. The van der Waals surface area contributed by atoms with Crippen LogP contribution in [0.2, 0.25) is 5.02 Å². The third-order valence-corrected chi connectivity index (χ3v) is 4.52. The zero-order valence-electron chi connectivity index (χ0n) is 13.7. The molecule has 0 amide bonds. The van der Waals surface area contributed by atoms with Crippen LogP contribution in [-0.2, 0) is 6.54 Å². The molecule has 6 nitrogen and oxygen atoms in total. The van der Waals surface area contributed by atoms with Crippen molar-refractivity contribution in [3.63, 3.8) is 0 Å². The second kappa shape index (κ2) is 8.09. The molecule has 2 aromatic rings. The van der Waals surface area contributed by atoms with Crippen molar-refractivity contribution in [1.29, 1.82) is 0 Å². The summed E-state index contributed by atoms with van der Waals surface area (Å²) in [5.41, 5.74) is 1.94. The molecule has 0 N–H and O–H groups in total. The number of hydrogen-bond donors (Lipinski definition) is 0. The molecule has 2 aromatic carbocycles. The fourth-order valence-corrected chi connectivity index (χ4v) is 2.94. The Morgan fingerprint density at radius 2 is 1.88 bits per heavy atom. The van der Waals surface area contributed by atoms with E-state index in [0.29, 0.717) is 0 Å². The number of hydrazone groups is 1. The molecule has 0 atom stereocenters. The van der Waals surface area contributed by atoms with Gasteiger partial charge in [-0.15, -0.1) is 0 Å². The van der Waals surface area contributed by atoms with Gasteiger partial charge in [-0.3, -0.25) is 20.0 Å². The highest BCUT2D eigenvalue weighted by molar-refractivity contribution is 6.31. The molecule has 0 bridgehead atoms. The van der Waals surface area contributed by atoms with Gasteiger partial charge in [0.2, 0.25) is 0 Å². The second-order valence-electron chi connectivity index (χ2n) is 5.92. The smallest absolute Gasteiger partial charge is 0.270 e. The van der Waals surface area contributed by atoms with Gasteiger partial charge in [-0.05, 0) is 11.6 Å². The minimum atomic E-state index is -0.398. The van der Waals surface area contributed by atoms with E-state index in [1.807, 2.05) is 29.3 Å². The maximum atomic E-state index is 10.8. The number of piperazine rings is 1. The molecule has 25 heavy (non-hydrogen) atoms. The van der Waals surface area contributed by atoms with Crippen LogP contribution in [0.25, 0.3) is 0 Å². The number of nitro benzene ring substituents is 1. The average molecular weight is 359 g/mol. The number of non-ortho nitro benzene ring substituents is 1. The summed E-state index contributed by atoms with van der Waals surface area (Å²) in [4.78, 5) is 12.8. The van der Waals surface area contributed by atoms with Crippen molar-refractivity contribution in [2.24, 2.45) is 5.10 Å². The van der Waals surface area contributed by atoms with Crippen LogP contribution in [-0.4, -0.2) is 47.2 Å². The van der Waals surface area contributed by atoms with Gasteiger partial charge < -0.3 is 0 Å². The topological polar surface area (TPSA) is 62.0 Å². The lowest BCUT2D eigenvalue weighted by Gasteiger charge is -2.33. The molecule has 1 heterocycles. The molecule has 130 valence electrons. The number of halogens is 1. The number of benzene rings is 2. The molecule has 3 rings (SSSR count). The van der Waals surface area contributed by atoms with Gasteiger partial charge in [0.05, 0.1) is 11.1 Å². The first-order valence-electron chi connectivity index (χ1n) is 8.11. The highest BCUT2D eigenvalue weighted by atomic mass is 35.5.